The van der Waals surface area contributed by atoms with Crippen molar-refractivity contribution in [3.8, 4) is 5.75 Å². The Morgan fingerprint density at radius 3 is 2.58 bits per heavy atom. The summed E-state index contributed by atoms with van der Waals surface area (Å²) in [6, 6.07) is 18.0. The van der Waals surface area contributed by atoms with Crippen LogP contribution in [0.3, 0.4) is 0 Å². The summed E-state index contributed by atoms with van der Waals surface area (Å²) in [7, 11) is 1.77. The highest BCUT2D eigenvalue weighted by molar-refractivity contribution is 6.02. The van der Waals surface area contributed by atoms with Gasteiger partial charge in [0.1, 0.15) is 11.9 Å². The smallest absolute Gasteiger partial charge is 0.291 e. The van der Waals surface area contributed by atoms with Crippen molar-refractivity contribution in [2.24, 2.45) is 0 Å². The maximum absolute atomic E-state index is 12.9. The molecule has 4 rings (SSSR count). The lowest BCUT2D eigenvalue weighted by molar-refractivity contribution is 0.0709. The lowest BCUT2D eigenvalue weighted by Gasteiger charge is -2.37. The average molecular weight is 419 g/mol. The van der Waals surface area contributed by atoms with Crippen LogP contribution in [-0.2, 0) is 0 Å². The van der Waals surface area contributed by atoms with Crippen LogP contribution in [0.25, 0.3) is 0 Å². The van der Waals surface area contributed by atoms with Crippen molar-refractivity contribution >= 4 is 23.2 Å². The number of hydrogen-bond acceptors (Lipinski definition) is 5. The Morgan fingerprint density at radius 2 is 1.87 bits per heavy atom. The molecule has 160 valence electrons. The number of nitrogens with one attached hydrogen (secondary N) is 1. The van der Waals surface area contributed by atoms with Crippen LogP contribution in [0.1, 0.15) is 27.8 Å². The third kappa shape index (κ3) is 4.55. The number of carbonyl (C=O) groups is 2. The molecule has 7 heteroatoms. The van der Waals surface area contributed by atoms with Gasteiger partial charge in [-0.2, -0.15) is 0 Å². The first-order valence-electron chi connectivity index (χ1n) is 10.3. The van der Waals surface area contributed by atoms with E-state index in [0.29, 0.717) is 17.8 Å². The fraction of sp³-hybridized carbons (Fsp3) is 0.250. The van der Waals surface area contributed by atoms with Crippen molar-refractivity contribution in [2.45, 2.75) is 13.0 Å². The van der Waals surface area contributed by atoms with E-state index < -0.39 is 0 Å². The van der Waals surface area contributed by atoms with Crippen LogP contribution in [-0.4, -0.2) is 49.5 Å². The molecule has 2 heterocycles. The molecule has 0 unspecified atom stereocenters. The van der Waals surface area contributed by atoms with Crippen LogP contribution in [0.15, 0.2) is 71.3 Å². The minimum Gasteiger partial charge on any atom is -0.485 e. The lowest BCUT2D eigenvalue weighted by Crippen LogP contribution is -2.46. The number of carbonyl (C=O) groups excluding carboxylic acids is 2. The molecule has 1 atom stereocenters. The molecule has 0 saturated heterocycles. The molecular formula is C24H25N3O4. The summed E-state index contributed by atoms with van der Waals surface area (Å²) < 4.78 is 11.2. The number of amides is 2. The van der Waals surface area contributed by atoms with Crippen LogP contribution < -0.4 is 15.0 Å². The summed E-state index contributed by atoms with van der Waals surface area (Å²) in [5.74, 6) is 0.638. The predicted octanol–water partition coefficient (Wildman–Crippen LogP) is 3.89. The Morgan fingerprint density at radius 1 is 1.10 bits per heavy atom. The zero-order valence-corrected chi connectivity index (χ0v) is 17.6. The van der Waals surface area contributed by atoms with Crippen molar-refractivity contribution in [1.82, 2.24) is 4.90 Å². The second kappa shape index (κ2) is 8.95. The summed E-state index contributed by atoms with van der Waals surface area (Å²) in [6.07, 6.45) is 1.33. The highest BCUT2D eigenvalue weighted by Gasteiger charge is 2.27. The first-order valence-corrected chi connectivity index (χ1v) is 10.3. The molecule has 0 aliphatic carbocycles. The minimum absolute atomic E-state index is 0.102. The van der Waals surface area contributed by atoms with Gasteiger partial charge in [0.05, 0.1) is 25.0 Å². The summed E-state index contributed by atoms with van der Waals surface area (Å²) >= 11 is 0. The molecule has 31 heavy (non-hydrogen) atoms. The first-order chi connectivity index (χ1) is 15.0. The third-order valence-corrected chi connectivity index (χ3v) is 5.26. The fourth-order valence-electron chi connectivity index (χ4n) is 3.68. The zero-order chi connectivity index (χ0) is 21.8. The van der Waals surface area contributed by atoms with Gasteiger partial charge < -0.3 is 24.3 Å². The zero-order valence-electron chi connectivity index (χ0n) is 17.6. The van der Waals surface area contributed by atoms with E-state index in [1.807, 2.05) is 18.2 Å². The predicted molar refractivity (Wildman–Crippen MR) is 119 cm³/mol. The molecule has 0 spiro atoms. The van der Waals surface area contributed by atoms with Gasteiger partial charge in [0, 0.05) is 24.8 Å². The van der Waals surface area contributed by atoms with E-state index >= 15 is 0 Å². The van der Waals surface area contributed by atoms with Crippen LogP contribution in [0.4, 0.5) is 11.4 Å². The number of furan rings is 1. The number of rotatable bonds is 6. The Bertz CT molecular complexity index is 1050. The molecule has 7 nitrogen and oxygen atoms in total. The van der Waals surface area contributed by atoms with Crippen LogP contribution >= 0.6 is 0 Å². The standard InChI is InChI=1S/C24H25N3O4/c1-3-27-16-19(31-21-8-5-4-7-20(21)27)15-26(2)24(29)17-10-12-18(13-11-17)25-23(28)22-9-6-14-30-22/h4-14,19H,3,15-16H2,1-2H3,(H,25,28)/t19-/m0/s1. The van der Waals surface area contributed by atoms with Gasteiger partial charge in [-0.15, -0.1) is 0 Å². The van der Waals surface area contributed by atoms with E-state index in [1.165, 1.54) is 6.26 Å². The normalized spacial score (nSPS) is 15.0. The van der Waals surface area contributed by atoms with Gasteiger partial charge in [-0.25, -0.2) is 0 Å². The number of hydrogen-bond donors (Lipinski definition) is 1. The number of nitrogens with zero attached hydrogens (tertiary/aromatic N) is 2. The van der Waals surface area contributed by atoms with Crippen LogP contribution in [0, 0.1) is 0 Å². The number of benzene rings is 2. The molecule has 1 aliphatic heterocycles. The molecule has 1 aliphatic rings. The monoisotopic (exact) mass is 419 g/mol. The molecule has 1 aromatic heterocycles. The first kappa shape index (κ1) is 20.5. The molecule has 2 aromatic carbocycles. The number of likely N-dealkylation sites (N-methyl/N-ethyl adjacent to an activating group) is 2. The summed E-state index contributed by atoms with van der Waals surface area (Å²) in [6.45, 7) is 4.18. The minimum atomic E-state index is -0.337. The Balaban J connectivity index is 1.37. The van der Waals surface area contributed by atoms with Gasteiger partial charge in [-0.3, -0.25) is 9.59 Å². The van der Waals surface area contributed by atoms with Crippen molar-refractivity contribution in [1.29, 1.82) is 0 Å². The largest absolute Gasteiger partial charge is 0.485 e. The topological polar surface area (TPSA) is 75.0 Å². The quantitative estimate of drug-likeness (QED) is 0.656. The van der Waals surface area contributed by atoms with E-state index in [2.05, 4.69) is 23.2 Å². The van der Waals surface area contributed by atoms with Crippen molar-refractivity contribution in [2.75, 3.05) is 36.9 Å². The van der Waals surface area contributed by atoms with Crippen LogP contribution in [0.5, 0.6) is 5.75 Å². The lowest BCUT2D eigenvalue weighted by atomic mass is 10.1. The SMILES string of the molecule is CCN1C[C@H](CN(C)C(=O)c2ccc(NC(=O)c3ccco3)cc2)Oc2ccccc21. The van der Waals surface area contributed by atoms with E-state index in [9.17, 15) is 9.59 Å². The van der Waals surface area contributed by atoms with Gasteiger partial charge in [-0.05, 0) is 55.5 Å². The van der Waals surface area contributed by atoms with Crippen molar-refractivity contribution in [3.63, 3.8) is 0 Å². The molecule has 1 N–H and O–H groups in total. The third-order valence-electron chi connectivity index (χ3n) is 5.26. The van der Waals surface area contributed by atoms with E-state index in [-0.39, 0.29) is 23.7 Å². The van der Waals surface area contributed by atoms with Gasteiger partial charge in [-0.1, -0.05) is 12.1 Å². The molecule has 2 amide bonds. The van der Waals surface area contributed by atoms with Crippen molar-refractivity contribution < 1.29 is 18.7 Å². The molecule has 0 bridgehead atoms. The Kier molecular flexibility index (Phi) is 5.93. The molecule has 0 fully saturated rings. The summed E-state index contributed by atoms with van der Waals surface area (Å²) in [4.78, 5) is 28.9. The highest BCUT2D eigenvalue weighted by Crippen LogP contribution is 2.32. The fourth-order valence-corrected chi connectivity index (χ4v) is 3.68. The average Bonchev–Trinajstić information content (AvgIpc) is 3.34. The van der Waals surface area contributed by atoms with E-state index in [4.69, 9.17) is 9.15 Å². The molecule has 0 saturated carbocycles. The Labute approximate surface area is 181 Å². The maximum Gasteiger partial charge on any atom is 0.291 e. The van der Waals surface area contributed by atoms with E-state index in [1.54, 1.807) is 48.3 Å². The number of ether oxygens (including phenoxy) is 1. The van der Waals surface area contributed by atoms with Gasteiger partial charge in [0.2, 0.25) is 0 Å². The highest BCUT2D eigenvalue weighted by atomic mass is 16.5. The number of para-hydroxylation sites is 2. The summed E-state index contributed by atoms with van der Waals surface area (Å²) in [5.41, 5.74) is 2.22. The summed E-state index contributed by atoms with van der Waals surface area (Å²) in [5, 5.41) is 2.74. The molecule has 0 radical (unpaired) electrons. The Hall–Kier alpha value is -3.74. The second-order valence-electron chi connectivity index (χ2n) is 7.44. The maximum atomic E-state index is 12.9. The molecular weight excluding hydrogens is 394 g/mol. The van der Waals surface area contributed by atoms with Crippen molar-refractivity contribution in [3.05, 3.63) is 78.3 Å². The van der Waals surface area contributed by atoms with Gasteiger partial charge in [0.15, 0.2) is 5.76 Å². The van der Waals surface area contributed by atoms with Gasteiger partial charge >= 0.3 is 0 Å². The van der Waals surface area contributed by atoms with E-state index in [0.717, 1.165) is 24.5 Å². The molecule has 3 aromatic rings. The number of anilines is 2. The van der Waals surface area contributed by atoms with Gasteiger partial charge in [0.25, 0.3) is 11.8 Å². The van der Waals surface area contributed by atoms with Crippen LogP contribution in [0.2, 0.25) is 0 Å². The second-order valence-corrected chi connectivity index (χ2v) is 7.44. The number of fused-ring (bicyclic) bond motifs is 1.